The van der Waals surface area contributed by atoms with Crippen molar-refractivity contribution in [2.45, 2.75) is 219 Å². The Hall–Kier alpha value is -4.71. The van der Waals surface area contributed by atoms with Crippen LogP contribution in [0.3, 0.4) is 0 Å². The standard InChI is InChI=1S/C63H98O6/c1-4-7-10-13-16-19-22-25-28-30-31-33-35-38-41-44-47-50-53-56-62(65)68-59-60(58-67-61(64)55-52-49-46-43-40-37-34-27-24-21-18-15-12-9-6-3)69-63(66)57-54-51-48-45-42-39-36-32-29-26-23-20-17-14-11-8-5-2/h7-12,16-21,25-29,31,33-34,36,39-40,43,60H,4-6,13-15,22-24,30,32,35,37-38,41-42,44-59H2,1-3H3/b10-7-,11-8-,12-9-,19-16-,20-17-,21-18-,28-25-,29-26-,33-31-,34-27-,39-36-,43-40-. The third kappa shape index (κ3) is 54.1. The summed E-state index contributed by atoms with van der Waals surface area (Å²) in [6, 6.07) is 0. The van der Waals surface area contributed by atoms with Crippen LogP contribution in [-0.4, -0.2) is 37.2 Å². The van der Waals surface area contributed by atoms with Crippen molar-refractivity contribution >= 4 is 17.9 Å². The molecule has 6 heteroatoms. The highest BCUT2D eigenvalue weighted by Crippen LogP contribution is 2.12. The molecule has 0 aliphatic rings. The van der Waals surface area contributed by atoms with Gasteiger partial charge >= 0.3 is 17.9 Å². The molecule has 0 rings (SSSR count). The van der Waals surface area contributed by atoms with Gasteiger partial charge in [0.2, 0.25) is 0 Å². The molecule has 0 N–H and O–H groups in total. The first kappa shape index (κ1) is 64.3. The Labute approximate surface area is 423 Å². The predicted molar refractivity (Wildman–Crippen MR) is 297 cm³/mol. The van der Waals surface area contributed by atoms with Crippen molar-refractivity contribution in [2.24, 2.45) is 0 Å². The molecule has 0 saturated carbocycles. The Kier molecular flexibility index (Phi) is 52.1. The van der Waals surface area contributed by atoms with Gasteiger partial charge in [0.1, 0.15) is 13.2 Å². The summed E-state index contributed by atoms with van der Waals surface area (Å²) in [5.41, 5.74) is 0. The highest BCUT2D eigenvalue weighted by Gasteiger charge is 2.19. The average Bonchev–Trinajstić information content (AvgIpc) is 3.35. The van der Waals surface area contributed by atoms with Crippen molar-refractivity contribution in [1.29, 1.82) is 0 Å². The van der Waals surface area contributed by atoms with Crippen molar-refractivity contribution in [3.8, 4) is 0 Å². The maximum atomic E-state index is 12.8. The molecule has 0 aromatic carbocycles. The van der Waals surface area contributed by atoms with E-state index in [4.69, 9.17) is 14.2 Å². The van der Waals surface area contributed by atoms with Crippen LogP contribution in [0.5, 0.6) is 0 Å². The van der Waals surface area contributed by atoms with E-state index in [9.17, 15) is 14.4 Å². The van der Waals surface area contributed by atoms with Crippen molar-refractivity contribution in [1.82, 2.24) is 0 Å². The second kappa shape index (κ2) is 55.9. The Bertz CT molecular complexity index is 1560. The van der Waals surface area contributed by atoms with E-state index in [1.807, 2.05) is 0 Å². The van der Waals surface area contributed by atoms with Crippen LogP contribution in [0, 0.1) is 0 Å². The molecule has 0 aliphatic carbocycles. The normalized spacial score (nSPS) is 13.3. The lowest BCUT2D eigenvalue weighted by atomic mass is 10.1. The Morgan fingerprint density at radius 3 is 0.841 bits per heavy atom. The number of hydrogen-bond donors (Lipinski definition) is 0. The first-order chi connectivity index (χ1) is 34.0. The summed E-state index contributed by atoms with van der Waals surface area (Å²) in [5.74, 6) is -1.00. The molecule has 0 radical (unpaired) electrons. The fourth-order valence-electron chi connectivity index (χ4n) is 6.83. The van der Waals surface area contributed by atoms with Gasteiger partial charge in [0, 0.05) is 19.3 Å². The number of carbonyl (C=O) groups is 3. The third-order valence-electron chi connectivity index (χ3n) is 10.8. The molecule has 69 heavy (non-hydrogen) atoms. The number of allylic oxidation sites excluding steroid dienone is 24. The molecule has 0 aromatic heterocycles. The smallest absolute Gasteiger partial charge is 0.306 e. The van der Waals surface area contributed by atoms with E-state index in [2.05, 4.69) is 167 Å². The largest absolute Gasteiger partial charge is 0.462 e. The van der Waals surface area contributed by atoms with Crippen molar-refractivity contribution in [3.63, 3.8) is 0 Å². The SMILES string of the molecule is CC/C=C\C/C=C\C/C=C\C/C=C\CCCCCCCCC(=O)OCC(COC(=O)CCCC/C=C\C/C=C\C/C=C\C/C=C\CC)OC(=O)CCCCCC/C=C\C/C=C\C/C=C\C/C=C\CC. The van der Waals surface area contributed by atoms with Gasteiger partial charge in [-0.3, -0.25) is 14.4 Å². The number of ether oxygens (including phenoxy) is 3. The summed E-state index contributed by atoms with van der Waals surface area (Å²) in [6.45, 7) is 6.21. The van der Waals surface area contributed by atoms with E-state index < -0.39 is 6.10 Å². The average molecular weight is 951 g/mol. The van der Waals surface area contributed by atoms with E-state index in [0.717, 1.165) is 154 Å². The molecule has 386 valence electrons. The molecule has 1 atom stereocenters. The van der Waals surface area contributed by atoms with Gasteiger partial charge in [0.25, 0.3) is 0 Å². The monoisotopic (exact) mass is 951 g/mol. The summed E-state index contributed by atoms with van der Waals surface area (Å²) >= 11 is 0. The van der Waals surface area contributed by atoms with E-state index in [-0.39, 0.29) is 37.5 Å². The molecule has 0 heterocycles. The zero-order valence-electron chi connectivity index (χ0n) is 44.0. The Morgan fingerprint density at radius 2 is 0.522 bits per heavy atom. The Morgan fingerprint density at radius 1 is 0.290 bits per heavy atom. The van der Waals surface area contributed by atoms with Crippen LogP contribution in [0.1, 0.15) is 213 Å². The lowest BCUT2D eigenvalue weighted by Gasteiger charge is -2.18. The van der Waals surface area contributed by atoms with Crippen molar-refractivity contribution in [2.75, 3.05) is 13.2 Å². The van der Waals surface area contributed by atoms with Crippen LogP contribution in [-0.2, 0) is 28.6 Å². The second-order valence-electron chi connectivity index (χ2n) is 17.3. The fourth-order valence-corrected chi connectivity index (χ4v) is 6.83. The second-order valence-corrected chi connectivity index (χ2v) is 17.3. The van der Waals surface area contributed by atoms with E-state index in [1.54, 1.807) is 0 Å². The van der Waals surface area contributed by atoms with Crippen LogP contribution in [0.25, 0.3) is 0 Å². The number of esters is 3. The van der Waals surface area contributed by atoms with Crippen molar-refractivity contribution in [3.05, 3.63) is 146 Å². The molecule has 0 saturated heterocycles. The minimum atomic E-state index is -0.821. The Balaban J connectivity index is 4.55. The first-order valence-electron chi connectivity index (χ1n) is 27.3. The molecule has 0 spiro atoms. The van der Waals surface area contributed by atoms with Gasteiger partial charge in [-0.25, -0.2) is 0 Å². The molecule has 0 bridgehead atoms. The van der Waals surface area contributed by atoms with Gasteiger partial charge in [-0.2, -0.15) is 0 Å². The molecule has 0 fully saturated rings. The van der Waals surface area contributed by atoms with Gasteiger partial charge in [-0.15, -0.1) is 0 Å². The zero-order valence-corrected chi connectivity index (χ0v) is 44.0. The first-order valence-corrected chi connectivity index (χ1v) is 27.3. The highest BCUT2D eigenvalue weighted by atomic mass is 16.6. The molecule has 6 nitrogen and oxygen atoms in total. The topological polar surface area (TPSA) is 78.9 Å². The van der Waals surface area contributed by atoms with Gasteiger partial charge < -0.3 is 14.2 Å². The highest BCUT2D eigenvalue weighted by molar-refractivity contribution is 5.71. The molecular weight excluding hydrogens is 853 g/mol. The van der Waals surface area contributed by atoms with Crippen LogP contribution in [0.4, 0.5) is 0 Å². The fraction of sp³-hybridized carbons (Fsp3) is 0.571. The van der Waals surface area contributed by atoms with E-state index in [1.165, 1.54) is 12.8 Å². The molecule has 0 aliphatic heterocycles. The third-order valence-corrected chi connectivity index (χ3v) is 10.8. The van der Waals surface area contributed by atoms with Crippen LogP contribution < -0.4 is 0 Å². The van der Waals surface area contributed by atoms with Gasteiger partial charge in [0.05, 0.1) is 0 Å². The van der Waals surface area contributed by atoms with Gasteiger partial charge in [-0.1, -0.05) is 205 Å². The van der Waals surface area contributed by atoms with E-state index in [0.29, 0.717) is 19.3 Å². The summed E-state index contributed by atoms with van der Waals surface area (Å²) in [7, 11) is 0. The maximum absolute atomic E-state index is 12.8. The molecule has 1 unspecified atom stereocenters. The number of unbranched alkanes of at least 4 members (excludes halogenated alkanes) is 12. The quantitative estimate of drug-likeness (QED) is 0.0262. The zero-order chi connectivity index (χ0) is 50.0. The van der Waals surface area contributed by atoms with Crippen LogP contribution in [0.2, 0.25) is 0 Å². The van der Waals surface area contributed by atoms with Gasteiger partial charge in [-0.05, 0) is 135 Å². The number of hydrogen-bond acceptors (Lipinski definition) is 6. The predicted octanol–water partition coefficient (Wildman–Crippen LogP) is 18.4. The van der Waals surface area contributed by atoms with Crippen LogP contribution in [0.15, 0.2) is 146 Å². The number of carbonyl (C=O) groups excluding carboxylic acids is 3. The minimum absolute atomic E-state index is 0.115. The lowest BCUT2D eigenvalue weighted by molar-refractivity contribution is -0.167. The van der Waals surface area contributed by atoms with E-state index >= 15 is 0 Å². The van der Waals surface area contributed by atoms with Crippen LogP contribution >= 0.6 is 0 Å². The molecule has 0 aromatic rings. The summed E-state index contributed by atoms with van der Waals surface area (Å²) < 4.78 is 16.8. The lowest BCUT2D eigenvalue weighted by Crippen LogP contribution is -2.30. The molecule has 0 amide bonds. The van der Waals surface area contributed by atoms with Gasteiger partial charge in [0.15, 0.2) is 6.10 Å². The summed E-state index contributed by atoms with van der Waals surface area (Å²) in [6.07, 6.45) is 79.7. The minimum Gasteiger partial charge on any atom is -0.462 e. The van der Waals surface area contributed by atoms with Crippen molar-refractivity contribution < 1.29 is 28.6 Å². The summed E-state index contributed by atoms with van der Waals surface area (Å²) in [5, 5.41) is 0. The maximum Gasteiger partial charge on any atom is 0.306 e. The summed E-state index contributed by atoms with van der Waals surface area (Å²) in [4.78, 5) is 38.1. The number of rotatable bonds is 47. The molecular formula is C63H98O6.